The predicted molar refractivity (Wildman–Crippen MR) is 105 cm³/mol. The second-order valence-corrected chi connectivity index (χ2v) is 7.26. The van der Waals surface area contributed by atoms with Crippen LogP contribution in [0.5, 0.6) is 0 Å². The Bertz CT molecular complexity index is 994. The van der Waals surface area contributed by atoms with Gasteiger partial charge in [-0.2, -0.15) is 0 Å². The molecule has 2 aromatic carbocycles. The Labute approximate surface area is 162 Å². The van der Waals surface area contributed by atoms with Gasteiger partial charge in [-0.1, -0.05) is 24.3 Å². The summed E-state index contributed by atoms with van der Waals surface area (Å²) < 4.78 is 27.3. The van der Waals surface area contributed by atoms with E-state index in [-0.39, 0.29) is 37.0 Å². The van der Waals surface area contributed by atoms with Gasteiger partial charge >= 0.3 is 0 Å². The van der Waals surface area contributed by atoms with Crippen LogP contribution in [0.3, 0.4) is 0 Å². The maximum atomic E-state index is 13.7. The number of carbonyl (C=O) groups is 1. The number of fused-ring (bicyclic) bond motifs is 3. The van der Waals surface area contributed by atoms with E-state index in [1.165, 1.54) is 29.1 Å². The number of amides is 1. The molecule has 1 amide bonds. The molecule has 1 aromatic heterocycles. The van der Waals surface area contributed by atoms with E-state index in [1.54, 1.807) is 0 Å². The van der Waals surface area contributed by atoms with Crippen LogP contribution in [0.2, 0.25) is 0 Å². The van der Waals surface area contributed by atoms with E-state index in [9.17, 15) is 13.6 Å². The Hall–Kier alpha value is -2.73. The summed E-state index contributed by atoms with van der Waals surface area (Å²) >= 11 is 0. The van der Waals surface area contributed by atoms with Crippen LogP contribution < -0.4 is 5.32 Å². The third kappa shape index (κ3) is 3.52. The molecular weight excluding hydrogens is 360 g/mol. The number of hydrogen-bond donors (Lipinski definition) is 2. The highest BCUT2D eigenvalue weighted by molar-refractivity contribution is 5.85. The maximum Gasteiger partial charge on any atom is 0.234 e. The van der Waals surface area contributed by atoms with Gasteiger partial charge < -0.3 is 10.3 Å². The highest BCUT2D eigenvalue weighted by atomic mass is 19.1. The Morgan fingerprint density at radius 1 is 1.18 bits per heavy atom. The van der Waals surface area contributed by atoms with Crippen LogP contribution in [0.1, 0.15) is 29.8 Å². The van der Waals surface area contributed by atoms with Crippen LogP contribution in [0.4, 0.5) is 8.78 Å². The van der Waals surface area contributed by atoms with E-state index in [4.69, 9.17) is 0 Å². The first-order chi connectivity index (χ1) is 13.5. The molecule has 146 valence electrons. The molecule has 2 N–H and O–H groups in total. The minimum absolute atomic E-state index is 0.0110. The monoisotopic (exact) mass is 383 g/mol. The van der Waals surface area contributed by atoms with Gasteiger partial charge in [-0.05, 0) is 43.5 Å². The van der Waals surface area contributed by atoms with Crippen LogP contribution in [0.15, 0.2) is 42.5 Å². The largest absolute Gasteiger partial charge is 0.357 e. The van der Waals surface area contributed by atoms with Crippen molar-refractivity contribution in [2.24, 2.45) is 0 Å². The number of para-hydroxylation sites is 1. The topological polar surface area (TPSA) is 48.1 Å². The summed E-state index contributed by atoms with van der Waals surface area (Å²) in [6.07, 6.45) is 1.02. The average Bonchev–Trinajstić information content (AvgIpc) is 3.06. The smallest absolute Gasteiger partial charge is 0.234 e. The quantitative estimate of drug-likeness (QED) is 0.705. The Morgan fingerprint density at radius 3 is 2.71 bits per heavy atom. The molecule has 3 aromatic rings. The van der Waals surface area contributed by atoms with Crippen molar-refractivity contribution in [3.63, 3.8) is 0 Å². The van der Waals surface area contributed by atoms with Crippen molar-refractivity contribution in [1.82, 2.24) is 15.2 Å². The standard InChI is InChI=1S/C22H23F2N3O/c1-14-22-16(15-5-2-3-8-20(15)26-22)10-12-27(14)13-21(28)25-11-9-17-18(23)6-4-7-19(17)24/h2-8,14,26H,9-13H2,1H3,(H,25,28)/t14-/m1/s1. The molecule has 1 aliphatic heterocycles. The van der Waals surface area contributed by atoms with E-state index in [1.807, 2.05) is 12.1 Å². The van der Waals surface area contributed by atoms with Crippen molar-refractivity contribution in [1.29, 1.82) is 0 Å². The fourth-order valence-corrected chi connectivity index (χ4v) is 4.03. The van der Waals surface area contributed by atoms with Crippen molar-refractivity contribution in [3.05, 3.63) is 70.9 Å². The number of carbonyl (C=O) groups excluding carboxylic acids is 1. The molecule has 4 nitrogen and oxygen atoms in total. The van der Waals surface area contributed by atoms with Crippen molar-refractivity contribution in [2.45, 2.75) is 25.8 Å². The molecule has 0 fully saturated rings. The molecule has 0 aliphatic carbocycles. The number of halogens is 2. The molecule has 0 radical (unpaired) electrons. The molecule has 6 heteroatoms. The van der Waals surface area contributed by atoms with Gasteiger partial charge in [0, 0.05) is 41.3 Å². The van der Waals surface area contributed by atoms with Crippen LogP contribution in [0.25, 0.3) is 10.9 Å². The molecule has 0 spiro atoms. The molecule has 28 heavy (non-hydrogen) atoms. The number of nitrogens with one attached hydrogen (secondary N) is 2. The molecule has 0 saturated heterocycles. The van der Waals surface area contributed by atoms with Gasteiger partial charge in [0.15, 0.2) is 0 Å². The highest BCUT2D eigenvalue weighted by Gasteiger charge is 2.28. The van der Waals surface area contributed by atoms with E-state index in [0.29, 0.717) is 0 Å². The van der Waals surface area contributed by atoms with Gasteiger partial charge in [0.25, 0.3) is 0 Å². The molecule has 4 rings (SSSR count). The first kappa shape index (κ1) is 18.6. The third-order valence-electron chi connectivity index (χ3n) is 5.57. The van der Waals surface area contributed by atoms with Crippen molar-refractivity contribution < 1.29 is 13.6 Å². The zero-order valence-corrected chi connectivity index (χ0v) is 15.8. The molecule has 2 heterocycles. The Kier molecular flexibility index (Phi) is 5.13. The van der Waals surface area contributed by atoms with Crippen LogP contribution >= 0.6 is 0 Å². The average molecular weight is 383 g/mol. The summed E-state index contributed by atoms with van der Waals surface area (Å²) in [6.45, 7) is 3.35. The summed E-state index contributed by atoms with van der Waals surface area (Å²) in [6, 6.07) is 12.1. The zero-order chi connectivity index (χ0) is 19.7. The molecule has 0 saturated carbocycles. The van der Waals surface area contributed by atoms with Gasteiger partial charge in [-0.3, -0.25) is 9.69 Å². The molecular formula is C22H23F2N3O. The fraction of sp³-hybridized carbons (Fsp3) is 0.318. The normalized spacial score (nSPS) is 16.9. The van der Waals surface area contributed by atoms with Crippen molar-refractivity contribution in [2.75, 3.05) is 19.6 Å². The van der Waals surface area contributed by atoms with Crippen LogP contribution in [-0.4, -0.2) is 35.4 Å². The van der Waals surface area contributed by atoms with Gasteiger partial charge in [0.05, 0.1) is 6.54 Å². The highest BCUT2D eigenvalue weighted by Crippen LogP contribution is 2.33. The van der Waals surface area contributed by atoms with Crippen molar-refractivity contribution in [3.8, 4) is 0 Å². The number of nitrogens with zero attached hydrogens (tertiary/aromatic N) is 1. The zero-order valence-electron chi connectivity index (χ0n) is 15.8. The minimum atomic E-state index is -0.578. The number of aromatic nitrogens is 1. The number of benzene rings is 2. The van der Waals surface area contributed by atoms with E-state index < -0.39 is 11.6 Å². The number of H-pyrrole nitrogens is 1. The predicted octanol–water partition coefficient (Wildman–Crippen LogP) is 3.72. The summed E-state index contributed by atoms with van der Waals surface area (Å²) in [4.78, 5) is 18.0. The Morgan fingerprint density at radius 2 is 1.93 bits per heavy atom. The van der Waals surface area contributed by atoms with Gasteiger partial charge in [0.1, 0.15) is 11.6 Å². The SMILES string of the molecule is C[C@@H]1c2[nH]c3ccccc3c2CCN1CC(=O)NCCc1c(F)cccc1F. The van der Waals surface area contributed by atoms with Gasteiger partial charge in [-0.15, -0.1) is 0 Å². The maximum absolute atomic E-state index is 13.7. The minimum Gasteiger partial charge on any atom is -0.357 e. The van der Waals surface area contributed by atoms with E-state index >= 15 is 0 Å². The first-order valence-corrected chi connectivity index (χ1v) is 9.57. The Balaban J connectivity index is 1.36. The summed E-state index contributed by atoms with van der Waals surface area (Å²) in [7, 11) is 0. The van der Waals surface area contributed by atoms with Crippen LogP contribution in [0, 0.1) is 11.6 Å². The van der Waals surface area contributed by atoms with E-state index in [2.05, 4.69) is 34.3 Å². The lowest BCUT2D eigenvalue weighted by molar-refractivity contribution is -0.122. The van der Waals surface area contributed by atoms with Gasteiger partial charge in [0.2, 0.25) is 5.91 Å². The molecule has 1 atom stereocenters. The summed E-state index contributed by atoms with van der Waals surface area (Å²) in [5.41, 5.74) is 3.62. The summed E-state index contributed by atoms with van der Waals surface area (Å²) in [5, 5.41) is 4.03. The summed E-state index contributed by atoms with van der Waals surface area (Å²) in [5.74, 6) is -1.29. The molecule has 0 bridgehead atoms. The first-order valence-electron chi connectivity index (χ1n) is 9.57. The second-order valence-electron chi connectivity index (χ2n) is 7.26. The van der Waals surface area contributed by atoms with Gasteiger partial charge in [-0.25, -0.2) is 8.78 Å². The fourth-order valence-electron chi connectivity index (χ4n) is 4.03. The number of aromatic amines is 1. The lowest BCUT2D eigenvalue weighted by Crippen LogP contribution is -2.42. The van der Waals surface area contributed by atoms with Crippen LogP contribution in [-0.2, 0) is 17.6 Å². The number of rotatable bonds is 5. The lowest BCUT2D eigenvalue weighted by atomic mass is 9.98. The third-order valence-corrected chi connectivity index (χ3v) is 5.57. The lowest BCUT2D eigenvalue weighted by Gasteiger charge is -2.32. The molecule has 1 aliphatic rings. The second kappa shape index (κ2) is 7.72. The van der Waals surface area contributed by atoms with E-state index in [0.717, 1.165) is 24.2 Å². The molecule has 0 unspecified atom stereocenters. The number of hydrogen-bond acceptors (Lipinski definition) is 2. The van der Waals surface area contributed by atoms with Crippen molar-refractivity contribution >= 4 is 16.8 Å².